The normalized spacial score (nSPS) is 11.2. The second-order valence-corrected chi connectivity index (χ2v) is 7.69. The summed E-state index contributed by atoms with van der Waals surface area (Å²) in [4.78, 5) is 12.0. The van der Waals surface area contributed by atoms with Gasteiger partial charge < -0.3 is 5.32 Å². The highest BCUT2D eigenvalue weighted by Crippen LogP contribution is 2.18. The summed E-state index contributed by atoms with van der Waals surface area (Å²) in [7, 11) is -3.60. The molecule has 0 spiro atoms. The van der Waals surface area contributed by atoms with Crippen molar-refractivity contribution in [2.75, 3.05) is 23.7 Å². The van der Waals surface area contributed by atoms with E-state index in [1.165, 1.54) is 24.3 Å². The van der Waals surface area contributed by atoms with Crippen LogP contribution in [-0.4, -0.2) is 33.7 Å². The molecular formula is C18H20F2N2O3S. The van der Waals surface area contributed by atoms with Gasteiger partial charge in [0.05, 0.1) is 11.9 Å². The maximum Gasteiger partial charge on any atom is 0.232 e. The first-order valence-corrected chi connectivity index (χ1v) is 9.85. The number of carbonyl (C=O) groups excluding carboxylic acids is 1. The Kier molecular flexibility index (Phi) is 6.68. The molecule has 0 bridgehead atoms. The van der Waals surface area contributed by atoms with Gasteiger partial charge in [-0.15, -0.1) is 0 Å². The van der Waals surface area contributed by atoms with E-state index in [-0.39, 0.29) is 24.7 Å². The highest BCUT2D eigenvalue weighted by Gasteiger charge is 2.18. The Bertz CT molecular complexity index is 838. The molecule has 5 nitrogen and oxygen atoms in total. The molecule has 1 amide bonds. The molecule has 0 saturated carbocycles. The van der Waals surface area contributed by atoms with Crippen molar-refractivity contribution < 1.29 is 22.0 Å². The quantitative estimate of drug-likeness (QED) is 0.763. The van der Waals surface area contributed by atoms with Crippen molar-refractivity contribution in [3.63, 3.8) is 0 Å². The molecule has 2 aromatic carbocycles. The minimum absolute atomic E-state index is 0.0339. The fourth-order valence-electron chi connectivity index (χ4n) is 2.38. The highest BCUT2D eigenvalue weighted by molar-refractivity contribution is 7.92. The molecular weight excluding hydrogens is 362 g/mol. The van der Waals surface area contributed by atoms with Crippen molar-refractivity contribution in [1.82, 2.24) is 5.32 Å². The van der Waals surface area contributed by atoms with Gasteiger partial charge in [-0.25, -0.2) is 17.2 Å². The van der Waals surface area contributed by atoms with Gasteiger partial charge in [-0.05, 0) is 48.4 Å². The van der Waals surface area contributed by atoms with Gasteiger partial charge in [-0.1, -0.05) is 12.1 Å². The van der Waals surface area contributed by atoms with Crippen LogP contribution in [0.5, 0.6) is 0 Å². The average Bonchev–Trinajstić information content (AvgIpc) is 2.57. The van der Waals surface area contributed by atoms with Crippen molar-refractivity contribution in [1.29, 1.82) is 0 Å². The summed E-state index contributed by atoms with van der Waals surface area (Å²) in [5, 5.41) is 2.70. The van der Waals surface area contributed by atoms with Crippen LogP contribution in [0, 0.1) is 11.6 Å². The molecule has 0 fully saturated rings. The van der Waals surface area contributed by atoms with Gasteiger partial charge in [-0.2, -0.15) is 0 Å². The maximum absolute atomic E-state index is 13.0. The fourth-order valence-corrected chi connectivity index (χ4v) is 3.31. The lowest BCUT2D eigenvalue weighted by Gasteiger charge is -2.22. The molecule has 0 heterocycles. The lowest BCUT2D eigenvalue weighted by molar-refractivity contribution is -0.120. The summed E-state index contributed by atoms with van der Waals surface area (Å²) in [6.45, 7) is 0.312. The van der Waals surface area contributed by atoms with E-state index in [0.717, 1.165) is 28.3 Å². The Morgan fingerprint density at radius 2 is 1.54 bits per heavy atom. The molecule has 0 unspecified atom stereocenters. The van der Waals surface area contributed by atoms with Gasteiger partial charge in [-0.3, -0.25) is 9.10 Å². The largest absolute Gasteiger partial charge is 0.356 e. The van der Waals surface area contributed by atoms with Crippen LogP contribution in [0.4, 0.5) is 14.5 Å². The van der Waals surface area contributed by atoms with E-state index in [2.05, 4.69) is 5.32 Å². The van der Waals surface area contributed by atoms with E-state index in [9.17, 15) is 22.0 Å². The van der Waals surface area contributed by atoms with E-state index < -0.39 is 15.8 Å². The van der Waals surface area contributed by atoms with Crippen LogP contribution >= 0.6 is 0 Å². The number of sulfonamides is 1. The predicted octanol–water partition coefficient (Wildman–Crippen LogP) is 2.48. The number of anilines is 1. The number of nitrogens with zero attached hydrogens (tertiary/aromatic N) is 1. The van der Waals surface area contributed by atoms with E-state index in [0.29, 0.717) is 18.7 Å². The predicted molar refractivity (Wildman–Crippen MR) is 96.3 cm³/mol. The fraction of sp³-hybridized carbons (Fsp3) is 0.278. The number of amides is 1. The second kappa shape index (κ2) is 8.75. The first-order valence-electron chi connectivity index (χ1n) is 8.00. The highest BCUT2D eigenvalue weighted by atomic mass is 32.2. The van der Waals surface area contributed by atoms with Crippen LogP contribution in [0.15, 0.2) is 48.5 Å². The molecule has 2 aromatic rings. The van der Waals surface area contributed by atoms with E-state index in [1.54, 1.807) is 12.1 Å². The summed E-state index contributed by atoms with van der Waals surface area (Å²) in [6.07, 6.45) is 1.54. The smallest absolute Gasteiger partial charge is 0.232 e. The molecule has 0 radical (unpaired) electrons. The Hall–Kier alpha value is -2.48. The topological polar surface area (TPSA) is 66.5 Å². The molecule has 8 heteroatoms. The standard InChI is InChI=1S/C18H20F2N2O3S/c1-26(24,25)22(17-8-6-16(20)7-9-17)13-11-18(23)21-12-10-14-2-4-15(19)5-3-14/h2-9H,10-13H2,1H3,(H,21,23). The van der Waals surface area contributed by atoms with E-state index >= 15 is 0 Å². The van der Waals surface area contributed by atoms with Crippen LogP contribution in [0.1, 0.15) is 12.0 Å². The van der Waals surface area contributed by atoms with Crippen LogP contribution < -0.4 is 9.62 Å². The third-order valence-electron chi connectivity index (χ3n) is 3.71. The summed E-state index contributed by atoms with van der Waals surface area (Å²) >= 11 is 0. The summed E-state index contributed by atoms with van der Waals surface area (Å²) in [5.41, 5.74) is 1.18. The number of hydrogen-bond acceptors (Lipinski definition) is 3. The van der Waals surface area contributed by atoms with Crippen molar-refractivity contribution in [3.05, 3.63) is 65.7 Å². The molecule has 2 rings (SSSR count). The number of halogens is 2. The Morgan fingerprint density at radius 3 is 2.08 bits per heavy atom. The molecule has 0 aliphatic rings. The zero-order chi connectivity index (χ0) is 19.2. The van der Waals surface area contributed by atoms with Gasteiger partial charge in [0.2, 0.25) is 15.9 Å². The van der Waals surface area contributed by atoms with Crippen molar-refractivity contribution >= 4 is 21.6 Å². The van der Waals surface area contributed by atoms with Gasteiger partial charge in [0.1, 0.15) is 11.6 Å². The summed E-state index contributed by atoms with van der Waals surface area (Å²) in [5.74, 6) is -1.09. The zero-order valence-corrected chi connectivity index (χ0v) is 15.1. The van der Waals surface area contributed by atoms with Gasteiger partial charge >= 0.3 is 0 Å². The van der Waals surface area contributed by atoms with E-state index in [1.807, 2.05) is 0 Å². The Balaban J connectivity index is 1.86. The minimum Gasteiger partial charge on any atom is -0.356 e. The molecule has 140 valence electrons. The molecule has 0 atom stereocenters. The number of rotatable bonds is 8. The summed E-state index contributed by atoms with van der Waals surface area (Å²) in [6, 6.07) is 11.0. The minimum atomic E-state index is -3.60. The Morgan fingerprint density at radius 1 is 1.00 bits per heavy atom. The molecule has 26 heavy (non-hydrogen) atoms. The second-order valence-electron chi connectivity index (χ2n) is 5.79. The van der Waals surface area contributed by atoms with Crippen LogP contribution in [0.3, 0.4) is 0 Å². The molecule has 0 aromatic heterocycles. The number of nitrogens with one attached hydrogen (secondary N) is 1. The van der Waals surface area contributed by atoms with Gasteiger partial charge in [0.25, 0.3) is 0 Å². The number of hydrogen-bond donors (Lipinski definition) is 1. The van der Waals surface area contributed by atoms with Gasteiger partial charge in [0.15, 0.2) is 0 Å². The first-order chi connectivity index (χ1) is 12.3. The van der Waals surface area contributed by atoms with Gasteiger partial charge in [0, 0.05) is 19.5 Å². The third-order valence-corrected chi connectivity index (χ3v) is 4.90. The molecule has 0 aliphatic heterocycles. The van der Waals surface area contributed by atoms with Crippen molar-refractivity contribution in [3.8, 4) is 0 Å². The maximum atomic E-state index is 13.0. The lowest BCUT2D eigenvalue weighted by Crippen LogP contribution is -2.35. The van der Waals surface area contributed by atoms with Crippen LogP contribution in [0.2, 0.25) is 0 Å². The number of carbonyl (C=O) groups is 1. The third kappa shape index (κ3) is 6.11. The first kappa shape index (κ1) is 19.8. The lowest BCUT2D eigenvalue weighted by atomic mass is 10.1. The monoisotopic (exact) mass is 382 g/mol. The van der Waals surface area contributed by atoms with Crippen molar-refractivity contribution in [2.45, 2.75) is 12.8 Å². The molecule has 1 N–H and O–H groups in total. The molecule has 0 saturated heterocycles. The average molecular weight is 382 g/mol. The molecule has 0 aliphatic carbocycles. The van der Waals surface area contributed by atoms with Crippen LogP contribution in [0.25, 0.3) is 0 Å². The van der Waals surface area contributed by atoms with Crippen molar-refractivity contribution in [2.24, 2.45) is 0 Å². The van der Waals surface area contributed by atoms with Crippen LogP contribution in [-0.2, 0) is 21.2 Å². The zero-order valence-electron chi connectivity index (χ0n) is 14.3. The Labute approximate surface area is 151 Å². The summed E-state index contributed by atoms with van der Waals surface area (Å²) < 4.78 is 50.7. The van der Waals surface area contributed by atoms with E-state index in [4.69, 9.17) is 0 Å². The SMILES string of the molecule is CS(=O)(=O)N(CCC(=O)NCCc1ccc(F)cc1)c1ccc(F)cc1. The number of benzene rings is 2.